The van der Waals surface area contributed by atoms with Crippen molar-refractivity contribution in [1.82, 2.24) is 9.97 Å². The predicted molar refractivity (Wildman–Crippen MR) is 57.5 cm³/mol. The number of halogens is 1. The maximum atomic E-state index is 6.02. The molecule has 1 heterocycles. The van der Waals surface area contributed by atoms with Crippen molar-refractivity contribution in [3.05, 3.63) is 11.2 Å². The molecule has 2 rings (SSSR count). The van der Waals surface area contributed by atoms with Gasteiger partial charge in [0.15, 0.2) is 5.82 Å². The number of nitrogens with two attached hydrogens (primary N) is 1. The molecule has 0 atom stereocenters. The van der Waals surface area contributed by atoms with E-state index in [9.17, 15) is 0 Å². The first-order valence-corrected chi connectivity index (χ1v) is 5.14. The second kappa shape index (κ2) is 3.61. The summed E-state index contributed by atoms with van der Waals surface area (Å²) < 4.78 is 0. The van der Waals surface area contributed by atoms with Crippen molar-refractivity contribution in [2.75, 3.05) is 17.2 Å². The minimum absolute atomic E-state index is 0.281. The number of hydrogen-bond donors (Lipinski definition) is 1. The van der Waals surface area contributed by atoms with Crippen LogP contribution in [0, 0.1) is 0 Å². The van der Waals surface area contributed by atoms with Gasteiger partial charge in [-0.15, -0.1) is 0 Å². The fraction of sp³-hybridized carbons (Fsp3) is 0.556. The lowest BCUT2D eigenvalue weighted by molar-refractivity contribution is 0.807. The molecule has 0 unspecified atom stereocenters. The molecule has 4 nitrogen and oxygen atoms in total. The molecular weight excluding hydrogens is 200 g/mol. The van der Waals surface area contributed by atoms with Crippen LogP contribution in [-0.4, -0.2) is 22.6 Å². The lowest BCUT2D eigenvalue weighted by Crippen LogP contribution is -2.26. The first kappa shape index (κ1) is 9.52. The molecule has 1 aliphatic rings. The quantitative estimate of drug-likeness (QED) is 0.829. The molecule has 1 aromatic heterocycles. The van der Waals surface area contributed by atoms with E-state index in [2.05, 4.69) is 21.8 Å². The smallest absolute Gasteiger partial charge is 0.222 e. The molecule has 5 heteroatoms. The second-order valence-corrected chi connectivity index (χ2v) is 3.82. The molecule has 1 aliphatic carbocycles. The Labute approximate surface area is 88.1 Å². The van der Waals surface area contributed by atoms with E-state index in [4.69, 9.17) is 17.3 Å². The molecule has 0 saturated heterocycles. The summed E-state index contributed by atoms with van der Waals surface area (Å²) in [7, 11) is 0. The Morgan fingerprint density at radius 2 is 2.36 bits per heavy atom. The highest BCUT2D eigenvalue weighted by Gasteiger charge is 2.30. The number of hydrogen-bond acceptors (Lipinski definition) is 4. The molecule has 0 radical (unpaired) electrons. The van der Waals surface area contributed by atoms with Crippen LogP contribution in [0.25, 0.3) is 0 Å². The van der Waals surface area contributed by atoms with Crippen LogP contribution < -0.4 is 10.6 Å². The van der Waals surface area contributed by atoms with Gasteiger partial charge in [0, 0.05) is 12.6 Å². The molecule has 0 aliphatic heterocycles. The van der Waals surface area contributed by atoms with E-state index in [-0.39, 0.29) is 5.95 Å². The van der Waals surface area contributed by atoms with E-state index < -0.39 is 0 Å². The summed E-state index contributed by atoms with van der Waals surface area (Å²) in [5.41, 5.74) is 5.53. The summed E-state index contributed by atoms with van der Waals surface area (Å²) in [6.45, 7) is 2.99. The summed E-state index contributed by atoms with van der Waals surface area (Å²) in [5, 5.41) is 0.577. The summed E-state index contributed by atoms with van der Waals surface area (Å²) in [5.74, 6) is 1.05. The van der Waals surface area contributed by atoms with Gasteiger partial charge in [-0.3, -0.25) is 0 Å². The van der Waals surface area contributed by atoms with Crippen LogP contribution >= 0.6 is 11.6 Å². The highest BCUT2D eigenvalue weighted by atomic mass is 35.5. The fourth-order valence-corrected chi connectivity index (χ4v) is 1.74. The Bertz CT molecular complexity index is 338. The molecule has 1 aromatic rings. The number of aromatic nitrogens is 2. The molecule has 0 spiro atoms. The van der Waals surface area contributed by atoms with Crippen LogP contribution in [0.15, 0.2) is 6.20 Å². The minimum Gasteiger partial charge on any atom is -0.368 e. The van der Waals surface area contributed by atoms with Gasteiger partial charge in [-0.1, -0.05) is 11.6 Å². The predicted octanol–water partition coefficient (Wildman–Crippen LogP) is 1.70. The Kier molecular flexibility index (Phi) is 2.46. The van der Waals surface area contributed by atoms with Gasteiger partial charge < -0.3 is 10.6 Å². The SMILES string of the molecule is CCN(c1nc(N)ncc1Cl)C1CC1. The average Bonchev–Trinajstić information content (AvgIpc) is 2.96. The molecule has 14 heavy (non-hydrogen) atoms. The zero-order valence-electron chi connectivity index (χ0n) is 8.07. The van der Waals surface area contributed by atoms with Gasteiger partial charge in [0.05, 0.1) is 6.20 Å². The van der Waals surface area contributed by atoms with E-state index >= 15 is 0 Å². The summed E-state index contributed by atoms with van der Waals surface area (Å²) in [6.07, 6.45) is 3.99. The number of nitrogen functional groups attached to an aromatic ring is 1. The third-order valence-corrected chi connectivity index (χ3v) is 2.61. The van der Waals surface area contributed by atoms with Crippen LogP contribution in [0.2, 0.25) is 5.02 Å². The van der Waals surface area contributed by atoms with Gasteiger partial charge in [-0.25, -0.2) is 4.98 Å². The van der Waals surface area contributed by atoms with Gasteiger partial charge in [0.2, 0.25) is 5.95 Å². The number of anilines is 2. The van der Waals surface area contributed by atoms with Crippen molar-refractivity contribution in [2.24, 2.45) is 0 Å². The molecular formula is C9H13ClN4. The molecule has 2 N–H and O–H groups in total. The molecule has 0 bridgehead atoms. The van der Waals surface area contributed by atoms with E-state index in [0.717, 1.165) is 12.4 Å². The highest BCUT2D eigenvalue weighted by molar-refractivity contribution is 6.32. The monoisotopic (exact) mass is 212 g/mol. The maximum Gasteiger partial charge on any atom is 0.222 e. The Balaban J connectivity index is 2.32. The van der Waals surface area contributed by atoms with Gasteiger partial charge in [-0.05, 0) is 19.8 Å². The zero-order valence-corrected chi connectivity index (χ0v) is 8.83. The van der Waals surface area contributed by atoms with E-state index in [1.807, 2.05) is 0 Å². The largest absolute Gasteiger partial charge is 0.368 e. The van der Waals surface area contributed by atoms with Gasteiger partial charge in [-0.2, -0.15) is 4.98 Å². The number of nitrogens with zero attached hydrogens (tertiary/aromatic N) is 3. The molecule has 0 amide bonds. The molecule has 76 valence electrons. The van der Waals surface area contributed by atoms with Crippen molar-refractivity contribution in [1.29, 1.82) is 0 Å². The minimum atomic E-state index is 0.281. The Morgan fingerprint density at radius 1 is 1.64 bits per heavy atom. The summed E-state index contributed by atoms with van der Waals surface area (Å²) >= 11 is 6.02. The Hall–Kier alpha value is -1.03. The van der Waals surface area contributed by atoms with Crippen LogP contribution in [0.1, 0.15) is 19.8 Å². The summed E-state index contributed by atoms with van der Waals surface area (Å²) in [4.78, 5) is 10.2. The average molecular weight is 213 g/mol. The van der Waals surface area contributed by atoms with Crippen LogP contribution in [-0.2, 0) is 0 Å². The molecule has 0 aromatic carbocycles. The highest BCUT2D eigenvalue weighted by Crippen LogP contribution is 2.33. The van der Waals surface area contributed by atoms with E-state index in [1.165, 1.54) is 12.8 Å². The van der Waals surface area contributed by atoms with Gasteiger partial charge >= 0.3 is 0 Å². The third-order valence-electron chi connectivity index (χ3n) is 2.34. The Morgan fingerprint density at radius 3 is 2.93 bits per heavy atom. The molecule has 1 fully saturated rings. The lowest BCUT2D eigenvalue weighted by atomic mass is 10.4. The second-order valence-electron chi connectivity index (χ2n) is 3.42. The van der Waals surface area contributed by atoms with E-state index in [1.54, 1.807) is 6.20 Å². The third kappa shape index (κ3) is 1.75. The maximum absolute atomic E-state index is 6.02. The lowest BCUT2D eigenvalue weighted by Gasteiger charge is -2.22. The standard InChI is InChI=1S/C9H13ClN4/c1-2-14(6-3-4-6)8-7(10)5-12-9(11)13-8/h5-6H,2-4H2,1H3,(H2,11,12,13). The van der Waals surface area contributed by atoms with Crippen molar-refractivity contribution in [3.63, 3.8) is 0 Å². The zero-order chi connectivity index (χ0) is 10.1. The van der Waals surface area contributed by atoms with Crippen LogP contribution in [0.4, 0.5) is 11.8 Å². The number of rotatable bonds is 3. The van der Waals surface area contributed by atoms with Crippen molar-refractivity contribution < 1.29 is 0 Å². The van der Waals surface area contributed by atoms with Gasteiger partial charge in [0.25, 0.3) is 0 Å². The van der Waals surface area contributed by atoms with Crippen molar-refractivity contribution in [2.45, 2.75) is 25.8 Å². The normalized spacial score (nSPS) is 15.6. The van der Waals surface area contributed by atoms with E-state index in [0.29, 0.717) is 11.1 Å². The topological polar surface area (TPSA) is 55.0 Å². The van der Waals surface area contributed by atoms with Crippen LogP contribution in [0.3, 0.4) is 0 Å². The van der Waals surface area contributed by atoms with Crippen LogP contribution in [0.5, 0.6) is 0 Å². The van der Waals surface area contributed by atoms with Crippen molar-refractivity contribution >= 4 is 23.4 Å². The first-order valence-electron chi connectivity index (χ1n) is 4.77. The fourth-order valence-electron chi connectivity index (χ4n) is 1.54. The molecule has 1 saturated carbocycles. The van der Waals surface area contributed by atoms with Gasteiger partial charge in [0.1, 0.15) is 5.02 Å². The summed E-state index contributed by atoms with van der Waals surface area (Å²) in [6, 6.07) is 0.590. The first-order chi connectivity index (χ1) is 6.72. The van der Waals surface area contributed by atoms with Crippen molar-refractivity contribution in [3.8, 4) is 0 Å².